The van der Waals surface area contributed by atoms with E-state index in [1.54, 1.807) is 32.4 Å². The van der Waals surface area contributed by atoms with Gasteiger partial charge < -0.3 is 29.3 Å². The predicted molar refractivity (Wildman–Crippen MR) is 148 cm³/mol. The molecule has 1 aliphatic rings. The van der Waals surface area contributed by atoms with Crippen LogP contribution in [-0.2, 0) is 22.4 Å². The smallest absolute Gasteiger partial charge is 0.336 e. The van der Waals surface area contributed by atoms with Crippen molar-refractivity contribution < 1.29 is 24.0 Å². The topological polar surface area (TPSA) is 82.1 Å². The molecule has 0 spiro atoms. The van der Waals surface area contributed by atoms with Crippen molar-refractivity contribution >= 4 is 5.97 Å². The van der Waals surface area contributed by atoms with Gasteiger partial charge in [-0.05, 0) is 35.6 Å². The second kappa shape index (κ2) is 12.4. The third kappa shape index (κ3) is 5.97. The summed E-state index contributed by atoms with van der Waals surface area (Å²) in [5.74, 6) is -0.964. The molecule has 0 fully saturated rings. The summed E-state index contributed by atoms with van der Waals surface area (Å²) in [7, 11) is 3.21. The molecule has 200 valence electrons. The standard InChI is InChI=1S/C31H36N2O5/c1-4-10-28-29(31(37-2)38-3)32(20-19-23-11-6-5-7-12-23)22-33(28,36)21-24-15-17-25(18-16-24)26-13-8-9-14-27(26)30(34)35/h5-9,11-18,31H,4,10,19-22H2,1-3H3,(H,34,35). The van der Waals surface area contributed by atoms with E-state index in [1.165, 1.54) is 5.56 Å². The summed E-state index contributed by atoms with van der Waals surface area (Å²) in [5, 5.41) is 24.1. The lowest BCUT2D eigenvalue weighted by Crippen LogP contribution is -2.42. The van der Waals surface area contributed by atoms with E-state index >= 15 is 0 Å². The number of hydroxylamine groups is 3. The molecule has 4 rings (SSSR count). The monoisotopic (exact) mass is 516 g/mol. The zero-order valence-electron chi connectivity index (χ0n) is 22.3. The van der Waals surface area contributed by atoms with Gasteiger partial charge in [0, 0.05) is 32.7 Å². The average molecular weight is 517 g/mol. The van der Waals surface area contributed by atoms with Crippen LogP contribution in [0.5, 0.6) is 0 Å². The Morgan fingerprint density at radius 3 is 2.24 bits per heavy atom. The summed E-state index contributed by atoms with van der Waals surface area (Å²) in [6.07, 6.45) is 1.67. The Morgan fingerprint density at radius 1 is 0.947 bits per heavy atom. The van der Waals surface area contributed by atoms with Crippen LogP contribution in [0, 0.1) is 5.21 Å². The highest BCUT2D eigenvalue weighted by Crippen LogP contribution is 2.38. The second-order valence-corrected chi connectivity index (χ2v) is 9.62. The van der Waals surface area contributed by atoms with Crippen molar-refractivity contribution in [2.24, 2.45) is 0 Å². The van der Waals surface area contributed by atoms with Gasteiger partial charge in [-0.1, -0.05) is 79.7 Å². The number of hydrogen-bond acceptors (Lipinski definition) is 5. The van der Waals surface area contributed by atoms with Crippen LogP contribution in [0.25, 0.3) is 11.1 Å². The first-order valence-corrected chi connectivity index (χ1v) is 13.0. The lowest BCUT2D eigenvalue weighted by atomic mass is 9.98. The Kier molecular flexibility index (Phi) is 8.97. The van der Waals surface area contributed by atoms with Gasteiger partial charge in [0.1, 0.15) is 17.9 Å². The van der Waals surface area contributed by atoms with Crippen molar-refractivity contribution in [2.75, 3.05) is 27.4 Å². The lowest BCUT2D eigenvalue weighted by Gasteiger charge is -2.40. The normalized spacial score (nSPS) is 17.4. The third-order valence-corrected chi connectivity index (χ3v) is 7.04. The SMILES string of the molecule is CCCC1=C(C(OC)OC)N(CCc2ccccc2)C[N+]1([O-])Cc1ccc(-c2ccccc2C(=O)O)cc1. The van der Waals surface area contributed by atoms with Crippen molar-refractivity contribution in [3.63, 3.8) is 0 Å². The lowest BCUT2D eigenvalue weighted by molar-refractivity contribution is -0.859. The molecule has 1 N–H and O–H groups in total. The van der Waals surface area contributed by atoms with Gasteiger partial charge in [0.05, 0.1) is 5.56 Å². The fourth-order valence-corrected chi connectivity index (χ4v) is 5.25. The number of carboxylic acid groups (broad SMARTS) is 1. The Balaban J connectivity index is 1.63. The van der Waals surface area contributed by atoms with E-state index in [-0.39, 0.29) is 18.8 Å². The minimum atomic E-state index is -0.964. The van der Waals surface area contributed by atoms with Gasteiger partial charge in [-0.3, -0.25) is 0 Å². The number of aromatic carboxylic acids is 1. The second-order valence-electron chi connectivity index (χ2n) is 9.62. The summed E-state index contributed by atoms with van der Waals surface area (Å²) in [6.45, 7) is 3.31. The maximum atomic E-state index is 14.5. The fourth-order valence-electron chi connectivity index (χ4n) is 5.25. The van der Waals surface area contributed by atoms with E-state index in [2.05, 4.69) is 24.0 Å². The molecule has 0 saturated heterocycles. The van der Waals surface area contributed by atoms with Crippen molar-refractivity contribution in [3.8, 4) is 11.1 Å². The molecule has 0 radical (unpaired) electrons. The molecular weight excluding hydrogens is 480 g/mol. The highest BCUT2D eigenvalue weighted by Gasteiger charge is 2.42. The van der Waals surface area contributed by atoms with Crippen LogP contribution in [0.2, 0.25) is 0 Å². The molecule has 7 nitrogen and oxygen atoms in total. The predicted octanol–water partition coefficient (Wildman–Crippen LogP) is 6.01. The minimum absolute atomic E-state index is 0.254. The molecule has 3 aromatic rings. The van der Waals surface area contributed by atoms with Crippen LogP contribution in [0.15, 0.2) is 90.3 Å². The Bertz CT molecular complexity index is 1250. The van der Waals surface area contributed by atoms with Crippen molar-refractivity contribution in [1.29, 1.82) is 0 Å². The van der Waals surface area contributed by atoms with Gasteiger partial charge in [-0.25, -0.2) is 4.79 Å². The molecule has 0 bridgehead atoms. The van der Waals surface area contributed by atoms with E-state index < -0.39 is 16.9 Å². The largest absolute Gasteiger partial charge is 0.626 e. The number of allylic oxidation sites excluding steroid dienone is 1. The summed E-state index contributed by atoms with van der Waals surface area (Å²) in [4.78, 5) is 13.8. The number of nitrogens with zero attached hydrogens (tertiary/aromatic N) is 2. The van der Waals surface area contributed by atoms with Crippen LogP contribution in [0.1, 0.15) is 41.3 Å². The summed E-state index contributed by atoms with van der Waals surface area (Å²) < 4.78 is 10.8. The van der Waals surface area contributed by atoms with Crippen molar-refractivity contribution in [2.45, 2.75) is 39.0 Å². The molecular formula is C31H36N2O5. The van der Waals surface area contributed by atoms with E-state index in [9.17, 15) is 15.1 Å². The maximum Gasteiger partial charge on any atom is 0.336 e. The number of carboxylic acids is 1. The molecule has 1 atom stereocenters. The third-order valence-electron chi connectivity index (χ3n) is 7.04. The first kappa shape index (κ1) is 27.5. The van der Waals surface area contributed by atoms with Crippen LogP contribution in [-0.4, -0.2) is 54.3 Å². The van der Waals surface area contributed by atoms with E-state index in [4.69, 9.17) is 9.47 Å². The summed E-state index contributed by atoms with van der Waals surface area (Å²) in [5.41, 5.74) is 5.43. The molecule has 38 heavy (non-hydrogen) atoms. The van der Waals surface area contributed by atoms with Crippen LogP contribution in [0.3, 0.4) is 0 Å². The van der Waals surface area contributed by atoms with E-state index in [1.807, 2.05) is 48.5 Å². The molecule has 1 heterocycles. The van der Waals surface area contributed by atoms with Gasteiger partial charge in [-0.2, -0.15) is 0 Å². The Morgan fingerprint density at radius 2 is 1.61 bits per heavy atom. The molecule has 0 aliphatic carbocycles. The van der Waals surface area contributed by atoms with Crippen LogP contribution >= 0.6 is 0 Å². The summed E-state index contributed by atoms with van der Waals surface area (Å²) >= 11 is 0. The Labute approximate surface area is 224 Å². The number of quaternary nitrogens is 1. The average Bonchev–Trinajstić information content (AvgIpc) is 3.20. The number of methoxy groups -OCH3 is 2. The van der Waals surface area contributed by atoms with E-state index in [0.717, 1.165) is 35.4 Å². The first-order chi connectivity index (χ1) is 18.4. The number of rotatable bonds is 12. The number of carbonyl (C=O) groups is 1. The summed E-state index contributed by atoms with van der Waals surface area (Å²) in [6, 6.07) is 24.8. The molecule has 0 amide bonds. The van der Waals surface area contributed by atoms with Gasteiger partial charge in [-0.15, -0.1) is 0 Å². The molecule has 3 aromatic carbocycles. The van der Waals surface area contributed by atoms with Gasteiger partial charge in [0.2, 0.25) is 6.29 Å². The number of ether oxygens (including phenoxy) is 2. The zero-order chi connectivity index (χ0) is 27.1. The quantitative estimate of drug-likeness (QED) is 0.180. The molecule has 7 heteroatoms. The number of hydrogen-bond donors (Lipinski definition) is 1. The van der Waals surface area contributed by atoms with Gasteiger partial charge >= 0.3 is 5.97 Å². The van der Waals surface area contributed by atoms with Crippen molar-refractivity contribution in [3.05, 3.63) is 112 Å². The highest BCUT2D eigenvalue weighted by atomic mass is 16.7. The highest BCUT2D eigenvalue weighted by molar-refractivity contribution is 5.95. The van der Waals surface area contributed by atoms with Gasteiger partial charge in [0.15, 0.2) is 6.67 Å². The molecule has 1 unspecified atom stereocenters. The van der Waals surface area contributed by atoms with E-state index in [0.29, 0.717) is 18.5 Å². The minimum Gasteiger partial charge on any atom is -0.626 e. The first-order valence-electron chi connectivity index (χ1n) is 13.0. The fraction of sp³-hybridized carbons (Fsp3) is 0.323. The number of benzene rings is 3. The van der Waals surface area contributed by atoms with Crippen molar-refractivity contribution in [1.82, 2.24) is 4.90 Å². The van der Waals surface area contributed by atoms with Crippen LogP contribution < -0.4 is 0 Å². The van der Waals surface area contributed by atoms with Crippen LogP contribution in [0.4, 0.5) is 0 Å². The zero-order valence-corrected chi connectivity index (χ0v) is 22.3. The maximum absolute atomic E-state index is 14.5. The van der Waals surface area contributed by atoms with Gasteiger partial charge in [0.25, 0.3) is 0 Å². The molecule has 0 aromatic heterocycles. The Hall–Kier alpha value is -3.49. The molecule has 0 saturated carbocycles. The molecule has 1 aliphatic heterocycles.